The van der Waals surface area contributed by atoms with Gasteiger partial charge in [-0.1, -0.05) is 34.1 Å². The fourth-order valence-electron chi connectivity index (χ4n) is 1.67. The van der Waals surface area contributed by atoms with Crippen LogP contribution in [-0.4, -0.2) is 8.42 Å². The third-order valence-electron chi connectivity index (χ3n) is 2.64. The van der Waals surface area contributed by atoms with Crippen molar-refractivity contribution in [3.63, 3.8) is 0 Å². The quantitative estimate of drug-likeness (QED) is 0.781. The third-order valence-corrected chi connectivity index (χ3v) is 5.78. The molecular weight excluding hydrogens is 432 g/mol. The van der Waals surface area contributed by atoms with Gasteiger partial charge in [-0.15, -0.1) is 0 Å². The van der Waals surface area contributed by atoms with E-state index in [2.05, 4.69) is 36.6 Å². The molecule has 0 aliphatic rings. The monoisotopic (exact) mass is 439 g/mol. The Morgan fingerprint density at radius 3 is 2.33 bits per heavy atom. The normalized spacial score (nSPS) is 11.6. The van der Waals surface area contributed by atoms with Crippen molar-refractivity contribution >= 4 is 41.9 Å². The summed E-state index contributed by atoms with van der Waals surface area (Å²) in [5.74, 6) is -2.01. The van der Waals surface area contributed by atoms with Gasteiger partial charge in [-0.3, -0.25) is 0 Å². The maximum atomic E-state index is 13.7. The summed E-state index contributed by atoms with van der Waals surface area (Å²) in [6, 6.07) is 8.45. The van der Waals surface area contributed by atoms with Gasteiger partial charge in [0, 0.05) is 21.6 Å². The molecule has 2 rings (SSSR count). The highest BCUT2D eigenvalue weighted by Gasteiger charge is 2.23. The highest BCUT2D eigenvalue weighted by molar-refractivity contribution is 9.10. The molecule has 0 bridgehead atoms. The Kier molecular flexibility index (Phi) is 5.13. The van der Waals surface area contributed by atoms with Crippen LogP contribution in [0.3, 0.4) is 0 Å². The summed E-state index contributed by atoms with van der Waals surface area (Å²) in [5, 5.41) is 0. The molecule has 0 unspecified atom stereocenters. The van der Waals surface area contributed by atoms with Crippen molar-refractivity contribution in [3.05, 3.63) is 62.5 Å². The number of nitrogens with one attached hydrogen (secondary N) is 1. The van der Waals surface area contributed by atoms with Gasteiger partial charge in [0.25, 0.3) is 0 Å². The average Bonchev–Trinajstić information content (AvgIpc) is 2.36. The minimum absolute atomic E-state index is 0.0208. The van der Waals surface area contributed by atoms with E-state index in [1.807, 2.05) is 0 Å². The number of halogens is 4. The zero-order valence-electron chi connectivity index (χ0n) is 10.4. The summed E-state index contributed by atoms with van der Waals surface area (Å²) in [6.45, 7) is -0.0208. The summed E-state index contributed by atoms with van der Waals surface area (Å²) in [5.41, 5.74) is 0.694. The summed E-state index contributed by atoms with van der Waals surface area (Å²) >= 11 is 6.16. The largest absolute Gasteiger partial charge is 0.244 e. The predicted octanol–water partition coefficient (Wildman–Crippen LogP) is 3.97. The lowest BCUT2D eigenvalue weighted by Gasteiger charge is -2.10. The van der Waals surface area contributed by atoms with E-state index in [4.69, 9.17) is 0 Å². The van der Waals surface area contributed by atoms with E-state index in [1.54, 1.807) is 24.3 Å². The molecule has 0 atom stereocenters. The summed E-state index contributed by atoms with van der Waals surface area (Å²) < 4.78 is 53.9. The maximum absolute atomic E-state index is 13.7. The second kappa shape index (κ2) is 6.51. The molecular formula is C13H9Br2F2NO2S. The second-order valence-electron chi connectivity index (χ2n) is 4.11. The Hall–Kier alpha value is -0.830. The Labute approximate surface area is 137 Å². The lowest BCUT2D eigenvalue weighted by Crippen LogP contribution is -2.25. The zero-order valence-corrected chi connectivity index (χ0v) is 14.4. The molecule has 0 aliphatic carbocycles. The maximum Gasteiger partial charge on any atom is 0.244 e. The predicted molar refractivity (Wildman–Crippen MR) is 82.2 cm³/mol. The van der Waals surface area contributed by atoms with Crippen LogP contribution in [0.25, 0.3) is 0 Å². The molecule has 0 radical (unpaired) electrons. The molecule has 112 valence electrons. The van der Waals surface area contributed by atoms with E-state index >= 15 is 0 Å². The van der Waals surface area contributed by atoms with Crippen LogP contribution in [-0.2, 0) is 16.6 Å². The van der Waals surface area contributed by atoms with Crippen LogP contribution in [0.2, 0.25) is 0 Å². The zero-order chi connectivity index (χ0) is 15.6. The van der Waals surface area contributed by atoms with Gasteiger partial charge >= 0.3 is 0 Å². The minimum atomic E-state index is -4.11. The standard InChI is InChI=1S/C13H9Br2F2NO2S/c14-10-4-2-1-3-8(10)7-18-21(19,20)13-11(15)5-9(16)6-12(13)17/h1-6,18H,7H2. The molecule has 0 aromatic heterocycles. The fraction of sp³-hybridized carbons (Fsp3) is 0.0769. The number of rotatable bonds is 4. The van der Waals surface area contributed by atoms with Gasteiger partial charge in [0.05, 0.1) is 0 Å². The number of benzene rings is 2. The van der Waals surface area contributed by atoms with Gasteiger partial charge in [-0.25, -0.2) is 21.9 Å². The molecule has 0 aliphatic heterocycles. The lowest BCUT2D eigenvalue weighted by atomic mass is 10.2. The molecule has 0 saturated carbocycles. The first kappa shape index (κ1) is 16.5. The van der Waals surface area contributed by atoms with Crippen LogP contribution >= 0.6 is 31.9 Å². The van der Waals surface area contributed by atoms with Gasteiger partial charge in [0.2, 0.25) is 10.0 Å². The van der Waals surface area contributed by atoms with Gasteiger partial charge in [-0.05, 0) is 33.6 Å². The van der Waals surface area contributed by atoms with Crippen molar-refractivity contribution in [2.24, 2.45) is 0 Å². The second-order valence-corrected chi connectivity index (χ2v) is 7.53. The lowest BCUT2D eigenvalue weighted by molar-refractivity contribution is 0.540. The molecule has 0 heterocycles. The van der Waals surface area contributed by atoms with Gasteiger partial charge in [0.1, 0.15) is 16.5 Å². The van der Waals surface area contributed by atoms with Crippen molar-refractivity contribution in [1.82, 2.24) is 4.72 Å². The van der Waals surface area contributed by atoms with Crippen molar-refractivity contribution in [3.8, 4) is 0 Å². The first-order valence-electron chi connectivity index (χ1n) is 5.69. The highest BCUT2D eigenvalue weighted by atomic mass is 79.9. The third kappa shape index (κ3) is 3.88. The van der Waals surface area contributed by atoms with Gasteiger partial charge < -0.3 is 0 Å². The van der Waals surface area contributed by atoms with Crippen LogP contribution in [0.1, 0.15) is 5.56 Å². The molecule has 3 nitrogen and oxygen atoms in total. The van der Waals surface area contributed by atoms with Crippen LogP contribution in [0, 0.1) is 11.6 Å². The number of sulfonamides is 1. The van der Waals surface area contributed by atoms with Crippen LogP contribution in [0.5, 0.6) is 0 Å². The van der Waals surface area contributed by atoms with E-state index in [0.29, 0.717) is 11.6 Å². The van der Waals surface area contributed by atoms with E-state index in [9.17, 15) is 17.2 Å². The average molecular weight is 441 g/mol. The number of hydrogen-bond acceptors (Lipinski definition) is 2. The van der Waals surface area contributed by atoms with Crippen molar-refractivity contribution in [2.45, 2.75) is 11.4 Å². The van der Waals surface area contributed by atoms with Gasteiger partial charge in [-0.2, -0.15) is 0 Å². The van der Waals surface area contributed by atoms with Crippen molar-refractivity contribution < 1.29 is 17.2 Å². The van der Waals surface area contributed by atoms with E-state index in [-0.39, 0.29) is 11.0 Å². The topological polar surface area (TPSA) is 46.2 Å². The minimum Gasteiger partial charge on any atom is -0.207 e. The summed E-state index contributed by atoms with van der Waals surface area (Å²) in [7, 11) is -4.11. The Morgan fingerprint density at radius 1 is 1.05 bits per heavy atom. The van der Waals surface area contributed by atoms with Crippen LogP contribution in [0.15, 0.2) is 50.2 Å². The number of hydrogen-bond donors (Lipinski definition) is 1. The first-order valence-corrected chi connectivity index (χ1v) is 8.76. The molecule has 2 aromatic rings. The van der Waals surface area contributed by atoms with E-state index in [0.717, 1.165) is 10.5 Å². The summed E-state index contributed by atoms with van der Waals surface area (Å²) in [4.78, 5) is -0.615. The molecule has 0 amide bonds. The molecule has 0 saturated heterocycles. The smallest absolute Gasteiger partial charge is 0.207 e. The Balaban J connectivity index is 2.30. The molecule has 0 fully saturated rings. The molecule has 21 heavy (non-hydrogen) atoms. The van der Waals surface area contributed by atoms with Crippen LogP contribution in [0.4, 0.5) is 8.78 Å². The fourth-order valence-corrected chi connectivity index (χ4v) is 4.27. The van der Waals surface area contributed by atoms with Gasteiger partial charge in [0.15, 0.2) is 0 Å². The van der Waals surface area contributed by atoms with E-state index in [1.165, 1.54) is 0 Å². The molecule has 0 spiro atoms. The molecule has 8 heteroatoms. The first-order chi connectivity index (χ1) is 9.81. The van der Waals surface area contributed by atoms with Crippen LogP contribution < -0.4 is 4.72 Å². The molecule has 1 N–H and O–H groups in total. The Morgan fingerprint density at radius 2 is 1.71 bits per heavy atom. The SMILES string of the molecule is O=S(=O)(NCc1ccccc1Br)c1c(F)cc(F)cc1Br. The summed E-state index contributed by atoms with van der Waals surface area (Å²) in [6.07, 6.45) is 0. The molecule has 2 aromatic carbocycles. The highest BCUT2D eigenvalue weighted by Crippen LogP contribution is 2.26. The van der Waals surface area contributed by atoms with E-state index < -0.39 is 26.6 Å². The van der Waals surface area contributed by atoms with Crippen molar-refractivity contribution in [1.29, 1.82) is 0 Å². The van der Waals surface area contributed by atoms with Crippen molar-refractivity contribution in [2.75, 3.05) is 0 Å². The Bertz CT molecular complexity index is 758.